The number of carbonyl (C=O) groups excluding carboxylic acids is 1. The summed E-state index contributed by atoms with van der Waals surface area (Å²) in [5.41, 5.74) is 2.31. The van der Waals surface area contributed by atoms with Gasteiger partial charge in [-0.15, -0.1) is 0 Å². The van der Waals surface area contributed by atoms with E-state index in [1.807, 2.05) is 49.4 Å². The van der Waals surface area contributed by atoms with E-state index < -0.39 is 0 Å². The zero-order chi connectivity index (χ0) is 20.2. The summed E-state index contributed by atoms with van der Waals surface area (Å²) in [4.78, 5) is 19.7. The molecule has 2 aromatic carbocycles. The molecule has 6 heteroatoms. The van der Waals surface area contributed by atoms with Crippen LogP contribution in [0.5, 0.6) is 0 Å². The minimum Gasteiger partial charge on any atom is -0.467 e. The lowest BCUT2D eigenvalue weighted by Gasteiger charge is -2.25. The quantitative estimate of drug-likeness (QED) is 0.388. The Morgan fingerprint density at radius 1 is 1.10 bits per heavy atom. The molecule has 1 amide bonds. The van der Waals surface area contributed by atoms with Gasteiger partial charge in [-0.2, -0.15) is 0 Å². The highest BCUT2D eigenvalue weighted by molar-refractivity contribution is 6.31. The number of furan rings is 1. The molecule has 0 radical (unpaired) electrons. The maximum absolute atomic E-state index is 13.5. The highest BCUT2D eigenvalue weighted by Gasteiger charge is 2.26. The van der Waals surface area contributed by atoms with E-state index in [-0.39, 0.29) is 18.4 Å². The van der Waals surface area contributed by atoms with Crippen molar-refractivity contribution in [3.8, 4) is 0 Å². The van der Waals surface area contributed by atoms with Crippen LogP contribution in [0.4, 0.5) is 0 Å². The molecule has 5 nitrogen and oxygen atoms in total. The summed E-state index contributed by atoms with van der Waals surface area (Å²) in [5.74, 6) is 0.936. The average molecular weight is 409 g/mol. The molecule has 0 N–H and O–H groups in total. The van der Waals surface area contributed by atoms with Gasteiger partial charge in [0.2, 0.25) is 11.8 Å². The Labute approximate surface area is 173 Å². The van der Waals surface area contributed by atoms with Crippen LogP contribution >= 0.6 is 11.6 Å². The summed E-state index contributed by atoms with van der Waals surface area (Å²) in [5, 5.41) is 0.594. The molecule has 0 aliphatic carbocycles. The summed E-state index contributed by atoms with van der Waals surface area (Å²) in [6, 6.07) is 18.8. The standard InChI is InChI=1S/C23H21ClN2O3/c1-2-19(16-7-4-3-5-8-16)23(27)26(14-18-9-6-12-28-18)15-22-25-20-13-17(24)10-11-21(20)29-22/h3-13,19H,2,14-15H2,1H3. The first-order chi connectivity index (χ1) is 14.1. The lowest BCUT2D eigenvalue weighted by Crippen LogP contribution is -2.34. The lowest BCUT2D eigenvalue weighted by molar-refractivity contribution is -0.134. The molecule has 0 aliphatic rings. The second-order valence-corrected chi connectivity index (χ2v) is 7.30. The van der Waals surface area contributed by atoms with Crippen LogP contribution in [0, 0.1) is 0 Å². The molecule has 29 heavy (non-hydrogen) atoms. The molecule has 2 heterocycles. The van der Waals surface area contributed by atoms with Gasteiger partial charge in [0.25, 0.3) is 0 Å². The Hall–Kier alpha value is -3.05. The number of benzene rings is 2. The Bertz CT molecular complexity index is 1090. The molecular formula is C23H21ClN2O3. The zero-order valence-electron chi connectivity index (χ0n) is 16.0. The number of nitrogens with zero attached hydrogens (tertiary/aromatic N) is 2. The summed E-state index contributed by atoms with van der Waals surface area (Å²) in [6.45, 7) is 2.60. The number of oxazole rings is 1. The van der Waals surface area contributed by atoms with Crippen molar-refractivity contribution in [2.24, 2.45) is 0 Å². The Morgan fingerprint density at radius 2 is 1.93 bits per heavy atom. The minimum absolute atomic E-state index is 0.00962. The summed E-state index contributed by atoms with van der Waals surface area (Å²) in [7, 11) is 0. The van der Waals surface area contributed by atoms with Gasteiger partial charge in [-0.25, -0.2) is 4.98 Å². The van der Waals surface area contributed by atoms with Crippen molar-refractivity contribution in [3.05, 3.63) is 89.2 Å². The van der Waals surface area contributed by atoms with Gasteiger partial charge in [-0.3, -0.25) is 4.79 Å². The SMILES string of the molecule is CCC(C(=O)N(Cc1ccco1)Cc1nc2cc(Cl)ccc2o1)c1ccccc1. The van der Waals surface area contributed by atoms with Gasteiger partial charge in [0.05, 0.1) is 25.3 Å². The van der Waals surface area contributed by atoms with Crippen molar-refractivity contribution in [2.75, 3.05) is 0 Å². The van der Waals surface area contributed by atoms with E-state index in [1.54, 1.807) is 29.4 Å². The predicted octanol–water partition coefficient (Wildman–Crippen LogP) is 5.80. The fourth-order valence-electron chi connectivity index (χ4n) is 3.44. The maximum atomic E-state index is 13.5. The Balaban J connectivity index is 1.63. The third-order valence-corrected chi connectivity index (χ3v) is 5.10. The van der Waals surface area contributed by atoms with Crippen molar-refractivity contribution in [1.29, 1.82) is 0 Å². The normalized spacial score (nSPS) is 12.2. The van der Waals surface area contributed by atoms with Crippen LogP contribution in [0.25, 0.3) is 11.1 Å². The molecule has 0 saturated heterocycles. The second kappa shape index (κ2) is 8.53. The Morgan fingerprint density at radius 3 is 2.66 bits per heavy atom. The molecule has 0 bridgehead atoms. The zero-order valence-corrected chi connectivity index (χ0v) is 16.8. The number of carbonyl (C=O) groups is 1. The number of fused-ring (bicyclic) bond motifs is 1. The van der Waals surface area contributed by atoms with E-state index in [2.05, 4.69) is 4.98 Å². The van der Waals surface area contributed by atoms with E-state index in [0.717, 1.165) is 5.56 Å². The minimum atomic E-state index is -0.245. The van der Waals surface area contributed by atoms with Crippen LogP contribution in [0.2, 0.25) is 5.02 Å². The van der Waals surface area contributed by atoms with Crippen molar-refractivity contribution in [2.45, 2.75) is 32.4 Å². The highest BCUT2D eigenvalue weighted by Crippen LogP contribution is 2.26. The summed E-state index contributed by atoms with van der Waals surface area (Å²) >= 11 is 6.05. The van der Waals surface area contributed by atoms with Gasteiger partial charge in [0.1, 0.15) is 11.3 Å². The van der Waals surface area contributed by atoms with Crippen LogP contribution in [0.15, 0.2) is 75.8 Å². The van der Waals surface area contributed by atoms with E-state index in [4.69, 9.17) is 20.4 Å². The fourth-order valence-corrected chi connectivity index (χ4v) is 3.61. The van der Waals surface area contributed by atoms with Crippen LogP contribution < -0.4 is 0 Å². The van der Waals surface area contributed by atoms with Crippen molar-refractivity contribution in [1.82, 2.24) is 9.88 Å². The average Bonchev–Trinajstić information content (AvgIpc) is 3.38. The number of hydrogen-bond acceptors (Lipinski definition) is 4. The third-order valence-electron chi connectivity index (χ3n) is 4.87. The number of hydrogen-bond donors (Lipinski definition) is 0. The number of halogens is 1. The smallest absolute Gasteiger partial charge is 0.230 e. The molecule has 0 saturated carbocycles. The summed E-state index contributed by atoms with van der Waals surface area (Å²) < 4.78 is 11.3. The first-order valence-electron chi connectivity index (χ1n) is 9.55. The van der Waals surface area contributed by atoms with Gasteiger partial charge < -0.3 is 13.7 Å². The number of aromatic nitrogens is 1. The molecule has 1 unspecified atom stereocenters. The van der Waals surface area contributed by atoms with Crippen molar-refractivity contribution in [3.63, 3.8) is 0 Å². The van der Waals surface area contributed by atoms with Gasteiger partial charge in [-0.05, 0) is 42.3 Å². The molecule has 4 aromatic rings. The molecule has 0 fully saturated rings. The number of rotatable bonds is 7. The molecule has 4 rings (SSSR count). The third kappa shape index (κ3) is 4.35. The van der Waals surface area contributed by atoms with Crippen LogP contribution in [-0.4, -0.2) is 15.8 Å². The lowest BCUT2D eigenvalue weighted by atomic mass is 9.95. The highest BCUT2D eigenvalue weighted by atomic mass is 35.5. The Kier molecular flexibility index (Phi) is 5.67. The van der Waals surface area contributed by atoms with Gasteiger partial charge in [-0.1, -0.05) is 48.9 Å². The first kappa shape index (κ1) is 19.3. The first-order valence-corrected chi connectivity index (χ1v) is 9.93. The maximum Gasteiger partial charge on any atom is 0.230 e. The van der Waals surface area contributed by atoms with Gasteiger partial charge in [0, 0.05) is 5.02 Å². The molecule has 0 aliphatic heterocycles. The number of amides is 1. The van der Waals surface area contributed by atoms with Crippen molar-refractivity contribution >= 4 is 28.6 Å². The van der Waals surface area contributed by atoms with Crippen molar-refractivity contribution < 1.29 is 13.6 Å². The van der Waals surface area contributed by atoms with E-state index in [0.29, 0.717) is 40.7 Å². The second-order valence-electron chi connectivity index (χ2n) is 6.86. The van der Waals surface area contributed by atoms with Gasteiger partial charge >= 0.3 is 0 Å². The topological polar surface area (TPSA) is 59.5 Å². The molecule has 0 spiro atoms. The largest absolute Gasteiger partial charge is 0.467 e. The molecule has 1 atom stereocenters. The van der Waals surface area contributed by atoms with Crippen LogP contribution in [0.1, 0.15) is 36.5 Å². The molecule has 2 aromatic heterocycles. The predicted molar refractivity (Wildman–Crippen MR) is 111 cm³/mol. The van der Waals surface area contributed by atoms with E-state index >= 15 is 0 Å². The molecule has 148 valence electrons. The van der Waals surface area contributed by atoms with Crippen LogP contribution in [-0.2, 0) is 17.9 Å². The van der Waals surface area contributed by atoms with Crippen LogP contribution in [0.3, 0.4) is 0 Å². The van der Waals surface area contributed by atoms with Gasteiger partial charge in [0.15, 0.2) is 5.58 Å². The van der Waals surface area contributed by atoms with E-state index in [9.17, 15) is 4.79 Å². The molecular weight excluding hydrogens is 388 g/mol. The fraction of sp³-hybridized carbons (Fsp3) is 0.217. The monoisotopic (exact) mass is 408 g/mol. The van der Waals surface area contributed by atoms with E-state index in [1.165, 1.54) is 0 Å². The summed E-state index contributed by atoms with van der Waals surface area (Å²) in [6.07, 6.45) is 2.30.